The molecule has 2 aromatic rings. The largest absolute Gasteiger partial charge is 0.504 e. The number of phenolic OH excluding ortho intramolecular Hbond substituents is 1. The SMILES string of the molecule is COc1cccc(C2c3cc4c(cc3OC(N)C2C)OCO4)c1O. The van der Waals surface area contributed by atoms with E-state index in [4.69, 9.17) is 24.7 Å². The van der Waals surface area contributed by atoms with E-state index in [1.54, 1.807) is 12.1 Å². The highest BCUT2D eigenvalue weighted by Crippen LogP contribution is 2.50. The highest BCUT2D eigenvalue weighted by Gasteiger charge is 2.38. The number of fused-ring (bicyclic) bond motifs is 2. The van der Waals surface area contributed by atoms with Crippen molar-refractivity contribution in [3.8, 4) is 28.7 Å². The van der Waals surface area contributed by atoms with E-state index in [1.165, 1.54) is 7.11 Å². The fraction of sp³-hybridized carbons (Fsp3) is 0.333. The lowest BCUT2D eigenvalue weighted by molar-refractivity contribution is 0.115. The molecule has 0 radical (unpaired) electrons. The first-order chi connectivity index (χ1) is 11.6. The summed E-state index contributed by atoms with van der Waals surface area (Å²) in [5, 5.41) is 10.6. The molecule has 6 nitrogen and oxygen atoms in total. The Morgan fingerprint density at radius 1 is 1.12 bits per heavy atom. The molecule has 24 heavy (non-hydrogen) atoms. The van der Waals surface area contributed by atoms with Gasteiger partial charge in [-0.1, -0.05) is 19.1 Å². The van der Waals surface area contributed by atoms with Crippen molar-refractivity contribution in [3.05, 3.63) is 41.5 Å². The molecule has 2 aliphatic heterocycles. The number of benzene rings is 2. The van der Waals surface area contributed by atoms with E-state index in [0.29, 0.717) is 23.0 Å². The molecule has 3 unspecified atom stereocenters. The lowest BCUT2D eigenvalue weighted by atomic mass is 9.78. The van der Waals surface area contributed by atoms with Gasteiger partial charge in [-0.05, 0) is 12.1 Å². The molecule has 0 amide bonds. The second-order valence-electron chi connectivity index (χ2n) is 6.06. The number of rotatable bonds is 2. The third-order valence-electron chi connectivity index (χ3n) is 4.73. The molecule has 3 atom stereocenters. The number of ether oxygens (including phenoxy) is 4. The van der Waals surface area contributed by atoms with Crippen molar-refractivity contribution in [1.82, 2.24) is 0 Å². The Bertz CT molecular complexity index is 791. The van der Waals surface area contributed by atoms with Crippen LogP contribution in [-0.2, 0) is 0 Å². The van der Waals surface area contributed by atoms with Gasteiger partial charge in [-0.25, -0.2) is 0 Å². The highest BCUT2D eigenvalue weighted by molar-refractivity contribution is 5.58. The van der Waals surface area contributed by atoms with Crippen LogP contribution in [0.5, 0.6) is 28.7 Å². The molecule has 3 N–H and O–H groups in total. The molecule has 6 heteroatoms. The van der Waals surface area contributed by atoms with Crippen molar-refractivity contribution in [3.63, 3.8) is 0 Å². The molecule has 0 fully saturated rings. The number of para-hydroxylation sites is 1. The van der Waals surface area contributed by atoms with E-state index in [-0.39, 0.29) is 24.4 Å². The van der Waals surface area contributed by atoms with Crippen LogP contribution < -0.4 is 24.7 Å². The van der Waals surface area contributed by atoms with Crippen LogP contribution in [0.3, 0.4) is 0 Å². The number of nitrogens with two attached hydrogens (primary N) is 1. The fourth-order valence-corrected chi connectivity index (χ4v) is 3.42. The quantitative estimate of drug-likeness (QED) is 0.881. The van der Waals surface area contributed by atoms with Gasteiger partial charge in [0.05, 0.1) is 7.11 Å². The van der Waals surface area contributed by atoms with Gasteiger partial charge in [0.1, 0.15) is 5.75 Å². The maximum absolute atomic E-state index is 10.6. The maximum atomic E-state index is 10.6. The van der Waals surface area contributed by atoms with E-state index in [9.17, 15) is 5.11 Å². The first-order valence-electron chi connectivity index (χ1n) is 7.81. The van der Waals surface area contributed by atoms with Gasteiger partial charge in [-0.2, -0.15) is 0 Å². The lowest BCUT2D eigenvalue weighted by Gasteiger charge is -2.36. The van der Waals surface area contributed by atoms with Crippen LogP contribution in [0, 0.1) is 5.92 Å². The zero-order valence-corrected chi connectivity index (χ0v) is 13.5. The zero-order chi connectivity index (χ0) is 16.8. The van der Waals surface area contributed by atoms with E-state index in [0.717, 1.165) is 11.1 Å². The van der Waals surface area contributed by atoms with E-state index < -0.39 is 6.23 Å². The molecule has 0 bridgehead atoms. The van der Waals surface area contributed by atoms with Gasteiger partial charge in [0.2, 0.25) is 6.79 Å². The molecule has 126 valence electrons. The Morgan fingerprint density at radius 3 is 2.62 bits per heavy atom. The molecule has 0 spiro atoms. The minimum atomic E-state index is -0.492. The van der Waals surface area contributed by atoms with Crippen molar-refractivity contribution < 1.29 is 24.1 Å². The summed E-state index contributed by atoms with van der Waals surface area (Å²) in [5.41, 5.74) is 7.84. The van der Waals surface area contributed by atoms with Crippen molar-refractivity contribution in [2.45, 2.75) is 19.1 Å². The van der Waals surface area contributed by atoms with Crippen LogP contribution in [-0.4, -0.2) is 25.2 Å². The van der Waals surface area contributed by atoms with Crippen LogP contribution in [0.2, 0.25) is 0 Å². The molecule has 0 saturated carbocycles. The standard InChI is InChI=1S/C18H19NO5/c1-9-16(10-4-3-5-12(21-2)17(10)20)11-6-14-15(23-8-22-14)7-13(11)24-18(9)19/h3-7,9,16,18,20H,8,19H2,1-2H3. The molecule has 4 rings (SSSR count). The lowest BCUT2D eigenvalue weighted by Crippen LogP contribution is -2.41. The molecule has 2 aromatic carbocycles. The number of aromatic hydroxyl groups is 1. The molecule has 0 saturated heterocycles. The Kier molecular flexibility index (Phi) is 3.42. The van der Waals surface area contributed by atoms with Gasteiger partial charge in [-0.15, -0.1) is 0 Å². The Balaban J connectivity index is 1.89. The average molecular weight is 329 g/mol. The van der Waals surface area contributed by atoms with Gasteiger partial charge < -0.3 is 24.1 Å². The van der Waals surface area contributed by atoms with Crippen molar-refractivity contribution >= 4 is 0 Å². The van der Waals surface area contributed by atoms with E-state index in [2.05, 4.69) is 0 Å². The van der Waals surface area contributed by atoms with Gasteiger partial charge in [-0.3, -0.25) is 5.73 Å². The Morgan fingerprint density at radius 2 is 1.88 bits per heavy atom. The number of hydrogen-bond donors (Lipinski definition) is 2. The highest BCUT2D eigenvalue weighted by atomic mass is 16.7. The summed E-state index contributed by atoms with van der Waals surface area (Å²) in [6.07, 6.45) is -0.492. The fourth-order valence-electron chi connectivity index (χ4n) is 3.42. The van der Waals surface area contributed by atoms with Crippen molar-refractivity contribution in [2.75, 3.05) is 13.9 Å². The predicted molar refractivity (Wildman–Crippen MR) is 86.8 cm³/mol. The third kappa shape index (κ3) is 2.14. The summed E-state index contributed by atoms with van der Waals surface area (Å²) in [5.74, 6) is 2.33. The molecular formula is C18H19NO5. The maximum Gasteiger partial charge on any atom is 0.231 e. The molecular weight excluding hydrogens is 310 g/mol. The van der Waals surface area contributed by atoms with Crippen LogP contribution in [0.4, 0.5) is 0 Å². The summed E-state index contributed by atoms with van der Waals surface area (Å²) in [7, 11) is 1.53. The smallest absolute Gasteiger partial charge is 0.231 e. The van der Waals surface area contributed by atoms with Crippen LogP contribution in [0.15, 0.2) is 30.3 Å². The number of hydrogen-bond acceptors (Lipinski definition) is 6. The summed E-state index contributed by atoms with van der Waals surface area (Å²) in [4.78, 5) is 0. The number of phenols is 1. The molecule has 0 aromatic heterocycles. The van der Waals surface area contributed by atoms with Gasteiger partial charge >= 0.3 is 0 Å². The van der Waals surface area contributed by atoms with Gasteiger partial charge in [0, 0.05) is 29.0 Å². The van der Waals surface area contributed by atoms with Crippen LogP contribution in [0.25, 0.3) is 0 Å². The minimum absolute atomic E-state index is 0.0455. The molecule has 2 heterocycles. The summed E-state index contributed by atoms with van der Waals surface area (Å²) in [6.45, 7) is 2.19. The van der Waals surface area contributed by atoms with Gasteiger partial charge in [0.15, 0.2) is 29.2 Å². The van der Waals surface area contributed by atoms with Crippen molar-refractivity contribution in [2.24, 2.45) is 11.7 Å². The summed E-state index contributed by atoms with van der Waals surface area (Å²) < 4.78 is 22.0. The van der Waals surface area contributed by atoms with Crippen LogP contribution >= 0.6 is 0 Å². The monoisotopic (exact) mass is 329 g/mol. The average Bonchev–Trinajstić information content (AvgIpc) is 3.02. The second kappa shape index (κ2) is 5.49. The topological polar surface area (TPSA) is 83.2 Å². The molecule has 2 aliphatic rings. The zero-order valence-electron chi connectivity index (χ0n) is 13.5. The number of methoxy groups -OCH3 is 1. The molecule has 0 aliphatic carbocycles. The van der Waals surface area contributed by atoms with E-state index in [1.807, 2.05) is 25.1 Å². The first-order valence-corrected chi connectivity index (χ1v) is 7.81. The van der Waals surface area contributed by atoms with Crippen LogP contribution in [0.1, 0.15) is 24.0 Å². The first kappa shape index (κ1) is 15.0. The minimum Gasteiger partial charge on any atom is -0.504 e. The normalized spacial score (nSPS) is 24.2. The van der Waals surface area contributed by atoms with Gasteiger partial charge in [0.25, 0.3) is 0 Å². The Hall–Kier alpha value is -2.60. The van der Waals surface area contributed by atoms with E-state index >= 15 is 0 Å². The van der Waals surface area contributed by atoms with Crippen molar-refractivity contribution in [1.29, 1.82) is 0 Å². The predicted octanol–water partition coefficient (Wildman–Crippen LogP) is 2.57. The Labute approximate surface area is 139 Å². The second-order valence-corrected chi connectivity index (χ2v) is 6.06. The summed E-state index contributed by atoms with van der Waals surface area (Å²) in [6, 6.07) is 9.17. The third-order valence-corrected chi connectivity index (χ3v) is 4.73. The summed E-state index contributed by atoms with van der Waals surface area (Å²) >= 11 is 0.